The number of hydrogen-bond donors (Lipinski definition) is 1. The minimum absolute atomic E-state index is 0.347. The third-order valence-electron chi connectivity index (χ3n) is 3.21. The zero-order chi connectivity index (χ0) is 13.9. The molecule has 0 bridgehead atoms. The van der Waals surface area contributed by atoms with Gasteiger partial charge in [0, 0.05) is 17.6 Å². The molecule has 100 valence electrons. The molecule has 2 heterocycles. The maximum absolute atomic E-state index is 6.33. The highest BCUT2D eigenvalue weighted by Crippen LogP contribution is 2.26. The summed E-state index contributed by atoms with van der Waals surface area (Å²) in [5, 5.41) is 1.03. The van der Waals surface area contributed by atoms with E-state index in [0.29, 0.717) is 11.6 Å². The Kier molecular flexibility index (Phi) is 3.26. The van der Waals surface area contributed by atoms with Gasteiger partial charge in [-0.1, -0.05) is 18.2 Å². The Balaban J connectivity index is 2.10. The molecule has 1 unspecified atom stereocenters. The molecule has 1 atom stereocenters. The van der Waals surface area contributed by atoms with E-state index in [4.69, 9.17) is 10.5 Å². The van der Waals surface area contributed by atoms with Crippen LogP contribution in [0.4, 0.5) is 0 Å². The van der Waals surface area contributed by atoms with Gasteiger partial charge in [0.1, 0.15) is 6.33 Å². The van der Waals surface area contributed by atoms with Crippen molar-refractivity contribution in [3.63, 3.8) is 0 Å². The van der Waals surface area contributed by atoms with Crippen molar-refractivity contribution in [2.45, 2.75) is 6.04 Å². The van der Waals surface area contributed by atoms with E-state index in [1.165, 1.54) is 6.33 Å². The number of methoxy groups -OCH3 is 1. The zero-order valence-electron chi connectivity index (χ0n) is 11.0. The van der Waals surface area contributed by atoms with Crippen LogP contribution >= 0.6 is 0 Å². The second-order valence-corrected chi connectivity index (χ2v) is 4.38. The fourth-order valence-corrected chi connectivity index (χ4v) is 2.19. The molecule has 3 rings (SSSR count). The Labute approximate surface area is 116 Å². The summed E-state index contributed by atoms with van der Waals surface area (Å²) in [5.74, 6) is 0.504. The van der Waals surface area contributed by atoms with E-state index in [0.717, 1.165) is 16.5 Å². The number of pyridine rings is 1. The van der Waals surface area contributed by atoms with Crippen LogP contribution in [0, 0.1) is 0 Å². The van der Waals surface area contributed by atoms with Crippen molar-refractivity contribution < 1.29 is 4.74 Å². The molecule has 3 aromatic rings. The van der Waals surface area contributed by atoms with Crippen LogP contribution in [-0.4, -0.2) is 22.1 Å². The Morgan fingerprint density at radius 2 is 2.00 bits per heavy atom. The lowest BCUT2D eigenvalue weighted by atomic mass is 9.99. The van der Waals surface area contributed by atoms with E-state index in [-0.39, 0.29) is 6.04 Å². The van der Waals surface area contributed by atoms with Gasteiger partial charge in [0.25, 0.3) is 0 Å². The van der Waals surface area contributed by atoms with Crippen molar-refractivity contribution in [2.75, 3.05) is 7.11 Å². The van der Waals surface area contributed by atoms with Crippen LogP contribution in [0.5, 0.6) is 5.88 Å². The van der Waals surface area contributed by atoms with Crippen molar-refractivity contribution in [1.29, 1.82) is 0 Å². The molecule has 0 saturated carbocycles. The number of fused-ring (bicyclic) bond motifs is 1. The van der Waals surface area contributed by atoms with Gasteiger partial charge in [0.2, 0.25) is 5.88 Å². The van der Waals surface area contributed by atoms with Crippen molar-refractivity contribution >= 4 is 10.9 Å². The second-order valence-electron chi connectivity index (χ2n) is 4.38. The van der Waals surface area contributed by atoms with Crippen molar-refractivity contribution in [3.05, 3.63) is 60.2 Å². The van der Waals surface area contributed by atoms with Crippen LogP contribution in [0.1, 0.15) is 17.3 Å². The van der Waals surface area contributed by atoms with E-state index in [2.05, 4.69) is 15.0 Å². The van der Waals surface area contributed by atoms with E-state index < -0.39 is 0 Å². The summed E-state index contributed by atoms with van der Waals surface area (Å²) in [5.41, 5.74) is 8.95. The molecule has 2 aromatic heterocycles. The highest BCUT2D eigenvalue weighted by molar-refractivity contribution is 5.82. The fourth-order valence-electron chi connectivity index (χ4n) is 2.19. The fraction of sp³-hybridized carbons (Fsp3) is 0.133. The van der Waals surface area contributed by atoms with Crippen molar-refractivity contribution in [2.24, 2.45) is 5.73 Å². The van der Waals surface area contributed by atoms with E-state index in [9.17, 15) is 0 Å². The average Bonchev–Trinajstić information content (AvgIpc) is 2.53. The van der Waals surface area contributed by atoms with Crippen LogP contribution in [0.3, 0.4) is 0 Å². The molecule has 0 aliphatic carbocycles. The van der Waals surface area contributed by atoms with Gasteiger partial charge in [0.15, 0.2) is 0 Å². The lowest BCUT2D eigenvalue weighted by Crippen LogP contribution is -2.14. The SMILES string of the molecule is COc1cc(C(N)c2cccc3ncccc23)ncn1. The first-order valence-electron chi connectivity index (χ1n) is 6.25. The Hall–Kier alpha value is -2.53. The first kappa shape index (κ1) is 12.5. The van der Waals surface area contributed by atoms with E-state index in [1.54, 1.807) is 19.4 Å². The molecule has 2 N–H and O–H groups in total. The molecular weight excluding hydrogens is 252 g/mol. The summed E-state index contributed by atoms with van der Waals surface area (Å²) < 4.78 is 5.11. The normalized spacial score (nSPS) is 12.3. The predicted octanol–water partition coefficient (Wildman–Crippen LogP) is 2.08. The monoisotopic (exact) mass is 266 g/mol. The third kappa shape index (κ3) is 2.19. The number of rotatable bonds is 3. The van der Waals surface area contributed by atoms with Gasteiger partial charge in [-0.05, 0) is 17.7 Å². The maximum atomic E-state index is 6.33. The predicted molar refractivity (Wildman–Crippen MR) is 76.4 cm³/mol. The Bertz CT molecular complexity index is 739. The van der Waals surface area contributed by atoms with Crippen LogP contribution in [0.25, 0.3) is 10.9 Å². The molecule has 0 aliphatic rings. The maximum Gasteiger partial charge on any atom is 0.216 e. The van der Waals surface area contributed by atoms with Crippen molar-refractivity contribution in [3.8, 4) is 5.88 Å². The minimum atomic E-state index is -0.347. The van der Waals surface area contributed by atoms with Gasteiger partial charge in [-0.2, -0.15) is 0 Å². The number of aromatic nitrogens is 3. The van der Waals surface area contributed by atoms with Gasteiger partial charge in [-0.15, -0.1) is 0 Å². The van der Waals surface area contributed by atoms with Crippen LogP contribution in [-0.2, 0) is 0 Å². The van der Waals surface area contributed by atoms with Gasteiger partial charge in [0.05, 0.1) is 24.4 Å². The largest absolute Gasteiger partial charge is 0.481 e. The summed E-state index contributed by atoms with van der Waals surface area (Å²) in [6.07, 6.45) is 3.22. The number of hydrogen-bond acceptors (Lipinski definition) is 5. The molecule has 0 radical (unpaired) electrons. The summed E-state index contributed by atoms with van der Waals surface area (Å²) in [6, 6.07) is 11.2. The summed E-state index contributed by atoms with van der Waals surface area (Å²) >= 11 is 0. The van der Waals surface area contributed by atoms with E-state index in [1.807, 2.05) is 30.3 Å². The first-order chi connectivity index (χ1) is 9.79. The molecule has 0 amide bonds. The molecule has 1 aromatic carbocycles. The molecule has 20 heavy (non-hydrogen) atoms. The van der Waals surface area contributed by atoms with Gasteiger partial charge in [-0.3, -0.25) is 4.98 Å². The highest BCUT2D eigenvalue weighted by atomic mass is 16.5. The molecule has 0 spiro atoms. The highest BCUT2D eigenvalue weighted by Gasteiger charge is 2.14. The molecule has 5 nitrogen and oxygen atoms in total. The molecule has 0 fully saturated rings. The van der Waals surface area contributed by atoms with Crippen LogP contribution in [0.2, 0.25) is 0 Å². The van der Waals surface area contributed by atoms with Crippen molar-refractivity contribution in [1.82, 2.24) is 15.0 Å². The summed E-state index contributed by atoms with van der Waals surface area (Å²) in [7, 11) is 1.57. The molecule has 5 heteroatoms. The van der Waals surface area contributed by atoms with Gasteiger partial charge in [-0.25, -0.2) is 9.97 Å². The first-order valence-corrected chi connectivity index (χ1v) is 6.25. The Morgan fingerprint density at radius 1 is 1.10 bits per heavy atom. The molecule has 0 saturated heterocycles. The lowest BCUT2D eigenvalue weighted by Gasteiger charge is -2.14. The smallest absolute Gasteiger partial charge is 0.216 e. The molecular formula is C15H14N4O. The molecule has 0 aliphatic heterocycles. The topological polar surface area (TPSA) is 73.9 Å². The quantitative estimate of drug-likeness (QED) is 0.785. The second kappa shape index (κ2) is 5.22. The standard InChI is InChI=1S/C15H14N4O/c1-20-14-8-13(18-9-19-14)15(16)11-4-2-6-12-10(11)5-3-7-17-12/h2-9,15H,16H2,1H3. The number of ether oxygens (including phenoxy) is 1. The zero-order valence-corrected chi connectivity index (χ0v) is 11.0. The van der Waals surface area contributed by atoms with Crippen LogP contribution < -0.4 is 10.5 Å². The average molecular weight is 266 g/mol. The van der Waals surface area contributed by atoms with Crippen LogP contribution in [0.15, 0.2) is 48.9 Å². The lowest BCUT2D eigenvalue weighted by molar-refractivity contribution is 0.395. The summed E-state index contributed by atoms with van der Waals surface area (Å²) in [6.45, 7) is 0. The third-order valence-corrected chi connectivity index (χ3v) is 3.21. The van der Waals surface area contributed by atoms with Gasteiger partial charge < -0.3 is 10.5 Å². The number of nitrogens with two attached hydrogens (primary N) is 1. The number of nitrogens with zero attached hydrogens (tertiary/aromatic N) is 3. The Morgan fingerprint density at radius 3 is 2.85 bits per heavy atom. The van der Waals surface area contributed by atoms with Gasteiger partial charge >= 0.3 is 0 Å². The van der Waals surface area contributed by atoms with E-state index >= 15 is 0 Å². The summed E-state index contributed by atoms with van der Waals surface area (Å²) in [4.78, 5) is 12.6. The minimum Gasteiger partial charge on any atom is -0.481 e. The number of benzene rings is 1.